The zero-order chi connectivity index (χ0) is 4.28. The summed E-state index contributed by atoms with van der Waals surface area (Å²) in [5, 5.41) is 0. The SMILES string of the molecule is CC(=O)ON.Cl. The van der Waals surface area contributed by atoms with E-state index in [-0.39, 0.29) is 12.4 Å². The fourth-order valence-corrected chi connectivity index (χ4v) is 0. The van der Waals surface area contributed by atoms with Crippen LogP contribution in [0, 0.1) is 0 Å². The fraction of sp³-hybridized carbons (Fsp3) is 0.500. The van der Waals surface area contributed by atoms with E-state index in [0.717, 1.165) is 0 Å². The molecule has 0 radical (unpaired) electrons. The Morgan fingerprint density at radius 1 is 1.83 bits per heavy atom. The highest BCUT2D eigenvalue weighted by Crippen LogP contribution is 1.55. The van der Waals surface area contributed by atoms with Gasteiger partial charge in [-0.1, -0.05) is 0 Å². The number of rotatable bonds is 0. The van der Waals surface area contributed by atoms with Gasteiger partial charge in [0.2, 0.25) is 0 Å². The van der Waals surface area contributed by atoms with Crippen molar-refractivity contribution in [1.82, 2.24) is 0 Å². The van der Waals surface area contributed by atoms with Crippen LogP contribution >= 0.6 is 12.4 Å². The van der Waals surface area contributed by atoms with Crippen molar-refractivity contribution < 1.29 is 9.63 Å². The number of nitrogens with two attached hydrogens (primary N) is 1. The van der Waals surface area contributed by atoms with E-state index >= 15 is 0 Å². The Morgan fingerprint density at radius 3 is 2.00 bits per heavy atom. The second-order valence-corrected chi connectivity index (χ2v) is 0.609. The van der Waals surface area contributed by atoms with Gasteiger partial charge in [0, 0.05) is 6.92 Å². The Kier molecular flexibility index (Phi) is 7.24. The van der Waals surface area contributed by atoms with Crippen LogP contribution in [0.25, 0.3) is 0 Å². The van der Waals surface area contributed by atoms with Gasteiger partial charge in [0.15, 0.2) is 0 Å². The van der Waals surface area contributed by atoms with Crippen molar-refractivity contribution in [3.8, 4) is 0 Å². The molecule has 3 nitrogen and oxygen atoms in total. The lowest BCUT2D eigenvalue weighted by atomic mass is 10.8. The summed E-state index contributed by atoms with van der Waals surface area (Å²) >= 11 is 0. The van der Waals surface area contributed by atoms with Gasteiger partial charge in [0.1, 0.15) is 0 Å². The lowest BCUT2D eigenvalue weighted by molar-refractivity contribution is -0.141. The standard InChI is InChI=1S/C2H5NO2.ClH/c1-2(4)5-3;/h3H2,1H3;1H. The van der Waals surface area contributed by atoms with Crippen LogP contribution in [0.1, 0.15) is 6.92 Å². The third kappa shape index (κ3) is 9.30. The molecule has 0 aliphatic heterocycles. The molecule has 0 amide bonds. The molecule has 0 bridgehead atoms. The van der Waals surface area contributed by atoms with Gasteiger partial charge in [-0.3, -0.25) is 4.79 Å². The maximum absolute atomic E-state index is 9.47. The van der Waals surface area contributed by atoms with Crippen molar-refractivity contribution >= 4 is 18.4 Å². The van der Waals surface area contributed by atoms with Crippen LogP contribution < -0.4 is 5.90 Å². The summed E-state index contributed by atoms with van der Waals surface area (Å²) in [5.74, 6) is 3.85. The van der Waals surface area contributed by atoms with Crippen molar-refractivity contribution in [2.24, 2.45) is 5.90 Å². The van der Waals surface area contributed by atoms with E-state index in [4.69, 9.17) is 0 Å². The van der Waals surface area contributed by atoms with Gasteiger partial charge in [-0.05, 0) is 0 Å². The van der Waals surface area contributed by atoms with Crippen molar-refractivity contribution in [3.63, 3.8) is 0 Å². The molecular formula is C2H6ClNO2. The van der Waals surface area contributed by atoms with Gasteiger partial charge >= 0.3 is 5.97 Å². The van der Waals surface area contributed by atoms with Crippen LogP contribution in [0.5, 0.6) is 0 Å². The van der Waals surface area contributed by atoms with Crippen LogP contribution in [0.4, 0.5) is 0 Å². The summed E-state index contributed by atoms with van der Waals surface area (Å²) in [5.41, 5.74) is 0. The molecule has 0 heterocycles. The normalized spacial score (nSPS) is 5.67. The molecule has 0 atom stereocenters. The third-order valence-electron chi connectivity index (χ3n) is 0.166. The number of hydrogen-bond donors (Lipinski definition) is 1. The second kappa shape index (κ2) is 4.72. The predicted molar refractivity (Wildman–Crippen MR) is 23.2 cm³/mol. The van der Waals surface area contributed by atoms with Crippen LogP contribution in [0.3, 0.4) is 0 Å². The van der Waals surface area contributed by atoms with Gasteiger partial charge in [0.25, 0.3) is 0 Å². The number of halogens is 1. The van der Waals surface area contributed by atoms with E-state index in [2.05, 4.69) is 10.7 Å². The first-order valence-corrected chi connectivity index (χ1v) is 1.14. The van der Waals surface area contributed by atoms with E-state index in [1.54, 1.807) is 0 Å². The summed E-state index contributed by atoms with van der Waals surface area (Å²) < 4.78 is 0. The molecule has 0 aliphatic carbocycles. The van der Waals surface area contributed by atoms with E-state index in [1.807, 2.05) is 0 Å². The summed E-state index contributed by atoms with van der Waals surface area (Å²) in [7, 11) is 0. The Labute approximate surface area is 41.8 Å². The van der Waals surface area contributed by atoms with E-state index in [0.29, 0.717) is 0 Å². The molecule has 0 unspecified atom stereocenters. The molecule has 0 spiro atoms. The van der Waals surface area contributed by atoms with E-state index in [1.165, 1.54) is 6.92 Å². The minimum absolute atomic E-state index is 0. The molecule has 38 valence electrons. The van der Waals surface area contributed by atoms with Crippen LogP contribution in [-0.4, -0.2) is 5.97 Å². The number of hydrogen-bond acceptors (Lipinski definition) is 3. The lowest BCUT2D eigenvalue weighted by Gasteiger charge is -1.79. The van der Waals surface area contributed by atoms with Crippen LogP contribution in [0.2, 0.25) is 0 Å². The quantitative estimate of drug-likeness (QED) is 0.442. The number of carbonyl (C=O) groups excluding carboxylic acids is 1. The molecule has 0 fully saturated rings. The van der Waals surface area contributed by atoms with Gasteiger partial charge in [-0.15, -0.1) is 12.4 Å². The minimum Gasteiger partial charge on any atom is -0.374 e. The highest BCUT2D eigenvalue weighted by Gasteiger charge is 1.77. The second-order valence-electron chi connectivity index (χ2n) is 0.609. The number of carbonyl (C=O) groups is 1. The maximum Gasteiger partial charge on any atom is 0.321 e. The van der Waals surface area contributed by atoms with Crippen molar-refractivity contribution in [1.29, 1.82) is 0 Å². The third-order valence-corrected chi connectivity index (χ3v) is 0.166. The summed E-state index contributed by atoms with van der Waals surface area (Å²) in [6.45, 7) is 1.24. The average Bonchev–Trinajstić information content (AvgIpc) is 1.38. The molecule has 0 saturated heterocycles. The van der Waals surface area contributed by atoms with Gasteiger partial charge in [-0.2, -0.15) is 5.90 Å². The Bertz CT molecular complexity index is 46.8. The minimum atomic E-state index is -0.468. The Balaban J connectivity index is 0. The first-order valence-electron chi connectivity index (χ1n) is 1.14. The summed E-state index contributed by atoms with van der Waals surface area (Å²) in [6, 6.07) is 0. The zero-order valence-corrected chi connectivity index (χ0v) is 4.12. The average molecular weight is 112 g/mol. The monoisotopic (exact) mass is 111 g/mol. The molecule has 0 saturated carbocycles. The van der Waals surface area contributed by atoms with Gasteiger partial charge < -0.3 is 4.84 Å². The molecule has 6 heavy (non-hydrogen) atoms. The molecule has 0 aromatic carbocycles. The van der Waals surface area contributed by atoms with E-state index in [9.17, 15) is 4.79 Å². The highest BCUT2D eigenvalue weighted by atomic mass is 35.5. The lowest BCUT2D eigenvalue weighted by Crippen LogP contribution is -2.03. The fourth-order valence-electron chi connectivity index (χ4n) is 0. The molecule has 0 aromatic heterocycles. The largest absolute Gasteiger partial charge is 0.374 e. The molecule has 2 N–H and O–H groups in total. The molecule has 0 aliphatic rings. The van der Waals surface area contributed by atoms with Crippen LogP contribution in [-0.2, 0) is 9.63 Å². The molecular weight excluding hydrogens is 105 g/mol. The maximum atomic E-state index is 9.47. The van der Waals surface area contributed by atoms with Crippen molar-refractivity contribution in [2.75, 3.05) is 0 Å². The smallest absolute Gasteiger partial charge is 0.321 e. The van der Waals surface area contributed by atoms with Crippen LogP contribution in [0.15, 0.2) is 0 Å². The molecule has 0 aromatic rings. The summed E-state index contributed by atoms with van der Waals surface area (Å²) in [4.78, 5) is 13.1. The highest BCUT2D eigenvalue weighted by molar-refractivity contribution is 5.85. The van der Waals surface area contributed by atoms with Crippen molar-refractivity contribution in [2.45, 2.75) is 6.92 Å². The Hall–Kier alpha value is -0.280. The predicted octanol–water partition coefficient (Wildman–Crippen LogP) is -0.155. The molecule has 0 rings (SSSR count). The topological polar surface area (TPSA) is 52.3 Å². The zero-order valence-electron chi connectivity index (χ0n) is 3.30. The van der Waals surface area contributed by atoms with Gasteiger partial charge in [0.05, 0.1) is 0 Å². The summed E-state index contributed by atoms with van der Waals surface area (Å²) in [6.07, 6.45) is 0. The van der Waals surface area contributed by atoms with E-state index < -0.39 is 5.97 Å². The first kappa shape index (κ1) is 9.21. The first-order chi connectivity index (χ1) is 2.27. The Morgan fingerprint density at radius 2 is 2.00 bits per heavy atom. The van der Waals surface area contributed by atoms with Gasteiger partial charge in [-0.25, -0.2) is 0 Å². The molecule has 4 heteroatoms. The van der Waals surface area contributed by atoms with Crippen molar-refractivity contribution in [3.05, 3.63) is 0 Å².